The molecular formula is C29H30N4O3. The van der Waals surface area contributed by atoms with Crippen LogP contribution in [0.25, 0.3) is 10.9 Å². The molecule has 36 heavy (non-hydrogen) atoms. The molecule has 1 aliphatic rings. The lowest BCUT2D eigenvalue weighted by Gasteiger charge is -2.18. The zero-order valence-corrected chi connectivity index (χ0v) is 19.9. The Balaban J connectivity index is 1.25. The van der Waals surface area contributed by atoms with Gasteiger partial charge in [-0.3, -0.25) is 4.79 Å². The second kappa shape index (κ2) is 10.7. The van der Waals surface area contributed by atoms with E-state index in [-0.39, 0.29) is 18.6 Å². The number of nitrogens with two attached hydrogens (primary N) is 1. The minimum Gasteiger partial charge on any atom is -0.445 e. The summed E-state index contributed by atoms with van der Waals surface area (Å²) in [6, 6.07) is 24.7. The maximum atomic E-state index is 13.2. The lowest BCUT2D eigenvalue weighted by atomic mass is 10.0. The van der Waals surface area contributed by atoms with E-state index in [2.05, 4.69) is 15.6 Å². The number of hydrogen-bond donors (Lipinski definition) is 4. The number of para-hydroxylation sites is 1. The van der Waals surface area contributed by atoms with Gasteiger partial charge in [0.05, 0.1) is 0 Å². The summed E-state index contributed by atoms with van der Waals surface area (Å²) in [6.45, 7) is 0.133. The van der Waals surface area contributed by atoms with E-state index >= 15 is 0 Å². The summed E-state index contributed by atoms with van der Waals surface area (Å²) < 4.78 is 5.38. The van der Waals surface area contributed by atoms with Crippen molar-refractivity contribution < 1.29 is 14.3 Å². The number of hydrogen-bond acceptors (Lipinski definition) is 4. The summed E-state index contributed by atoms with van der Waals surface area (Å²) in [5.74, 6) is 0.113. The normalized spacial score (nSPS) is 17.4. The van der Waals surface area contributed by atoms with Gasteiger partial charge >= 0.3 is 6.09 Å². The predicted octanol–water partition coefficient (Wildman–Crippen LogP) is 4.85. The fraction of sp³-hybridized carbons (Fsp3) is 0.241. The van der Waals surface area contributed by atoms with Crippen molar-refractivity contribution in [1.82, 2.24) is 10.3 Å². The highest BCUT2D eigenvalue weighted by atomic mass is 16.5. The van der Waals surface area contributed by atoms with Crippen molar-refractivity contribution in [3.8, 4) is 0 Å². The van der Waals surface area contributed by atoms with Gasteiger partial charge < -0.3 is 26.1 Å². The molecule has 1 fully saturated rings. The third-order valence-electron chi connectivity index (χ3n) is 6.64. The Labute approximate surface area is 210 Å². The number of benzene rings is 3. The summed E-state index contributed by atoms with van der Waals surface area (Å²) in [5, 5.41) is 6.81. The number of H-pyrrole nitrogens is 1. The van der Waals surface area contributed by atoms with Crippen LogP contribution in [0.3, 0.4) is 0 Å². The number of anilines is 1. The van der Waals surface area contributed by atoms with Crippen molar-refractivity contribution in [3.63, 3.8) is 0 Å². The van der Waals surface area contributed by atoms with Gasteiger partial charge in [0.15, 0.2) is 0 Å². The highest BCUT2D eigenvalue weighted by molar-refractivity contribution is 5.96. The van der Waals surface area contributed by atoms with Gasteiger partial charge in [0.2, 0.25) is 5.91 Å². The van der Waals surface area contributed by atoms with Crippen LogP contribution in [0.5, 0.6) is 0 Å². The highest BCUT2D eigenvalue weighted by Gasteiger charge is 2.34. The van der Waals surface area contributed by atoms with Crippen molar-refractivity contribution in [3.05, 3.63) is 102 Å². The SMILES string of the molecule is N[C@@H]1C[C@H]1c1ccc(NC(=O)C(CCc2c[nH]c3ccccc23)NC(=O)OCc2ccccc2)cc1. The number of amides is 2. The van der Waals surface area contributed by atoms with E-state index in [9.17, 15) is 9.59 Å². The average molecular weight is 483 g/mol. The Bertz CT molecular complexity index is 1330. The van der Waals surface area contributed by atoms with Gasteiger partial charge in [-0.25, -0.2) is 4.79 Å². The average Bonchev–Trinajstić information content (AvgIpc) is 3.49. The molecule has 0 saturated heterocycles. The van der Waals surface area contributed by atoms with Crippen LogP contribution in [0.4, 0.5) is 10.5 Å². The van der Waals surface area contributed by atoms with Crippen LogP contribution in [-0.2, 0) is 22.6 Å². The second-order valence-corrected chi connectivity index (χ2v) is 9.27. The summed E-state index contributed by atoms with van der Waals surface area (Å²) >= 11 is 0. The molecule has 0 radical (unpaired) electrons. The lowest BCUT2D eigenvalue weighted by Crippen LogP contribution is -2.44. The monoisotopic (exact) mass is 482 g/mol. The largest absolute Gasteiger partial charge is 0.445 e. The van der Waals surface area contributed by atoms with Gasteiger partial charge in [0, 0.05) is 34.7 Å². The number of aromatic amines is 1. The first-order valence-corrected chi connectivity index (χ1v) is 12.3. The molecular weight excluding hydrogens is 452 g/mol. The van der Waals surface area contributed by atoms with Gasteiger partial charge in [0.1, 0.15) is 12.6 Å². The third-order valence-corrected chi connectivity index (χ3v) is 6.64. The molecule has 3 atom stereocenters. The lowest BCUT2D eigenvalue weighted by molar-refractivity contribution is -0.118. The van der Waals surface area contributed by atoms with Crippen LogP contribution in [0.2, 0.25) is 0 Å². The first-order chi connectivity index (χ1) is 17.6. The fourth-order valence-corrected chi connectivity index (χ4v) is 4.46. The Hall–Kier alpha value is -4.10. The van der Waals surface area contributed by atoms with Gasteiger partial charge in [0.25, 0.3) is 0 Å². The first kappa shape index (κ1) is 23.6. The van der Waals surface area contributed by atoms with Crippen molar-refractivity contribution >= 4 is 28.6 Å². The maximum Gasteiger partial charge on any atom is 0.408 e. The molecule has 0 bridgehead atoms. The van der Waals surface area contributed by atoms with Crippen molar-refractivity contribution in [2.24, 2.45) is 5.73 Å². The van der Waals surface area contributed by atoms with Crippen LogP contribution >= 0.6 is 0 Å². The van der Waals surface area contributed by atoms with Gasteiger partial charge in [-0.05, 0) is 54.2 Å². The molecule has 0 aliphatic heterocycles. The topological polar surface area (TPSA) is 109 Å². The van der Waals surface area contributed by atoms with E-state index < -0.39 is 12.1 Å². The van der Waals surface area contributed by atoms with Crippen LogP contribution in [0.1, 0.15) is 35.4 Å². The van der Waals surface area contributed by atoms with Crippen molar-refractivity contribution in [2.75, 3.05) is 5.32 Å². The fourth-order valence-electron chi connectivity index (χ4n) is 4.46. The zero-order chi connectivity index (χ0) is 24.9. The van der Waals surface area contributed by atoms with E-state index in [4.69, 9.17) is 10.5 Å². The zero-order valence-electron chi connectivity index (χ0n) is 19.9. The summed E-state index contributed by atoms with van der Waals surface area (Å²) in [4.78, 5) is 29.1. The van der Waals surface area contributed by atoms with Gasteiger partial charge in [-0.2, -0.15) is 0 Å². The van der Waals surface area contributed by atoms with E-state index in [1.54, 1.807) is 0 Å². The molecule has 3 aromatic carbocycles. The molecule has 5 rings (SSSR count). The molecule has 1 heterocycles. The molecule has 1 saturated carbocycles. The Kier molecular flexibility index (Phi) is 7.00. The minimum atomic E-state index is -0.765. The number of alkyl carbamates (subject to hydrolysis) is 1. The first-order valence-electron chi connectivity index (χ1n) is 12.3. The van der Waals surface area contributed by atoms with E-state index in [1.165, 1.54) is 5.56 Å². The number of aryl methyl sites for hydroxylation is 1. The van der Waals surface area contributed by atoms with E-state index in [0.29, 0.717) is 24.4 Å². The quantitative estimate of drug-likeness (QED) is 0.273. The van der Waals surface area contributed by atoms with Gasteiger partial charge in [-0.15, -0.1) is 0 Å². The molecule has 1 aromatic heterocycles. The molecule has 5 N–H and O–H groups in total. The molecule has 7 heteroatoms. The second-order valence-electron chi connectivity index (χ2n) is 9.27. The standard InChI is InChI=1S/C29H30N4O3/c30-25-16-24(25)20-10-13-22(14-11-20)32-28(34)27(33-29(35)36-18-19-6-2-1-3-7-19)15-12-21-17-31-26-9-5-4-8-23(21)26/h1-11,13-14,17,24-25,27,31H,12,15-16,18,30H2,(H,32,34)(H,33,35)/t24-,25+,27?/m0/s1. The maximum absolute atomic E-state index is 13.2. The van der Waals surface area contributed by atoms with Crippen LogP contribution in [0, 0.1) is 0 Å². The number of aromatic nitrogens is 1. The molecule has 0 spiro atoms. The summed E-state index contributed by atoms with van der Waals surface area (Å²) in [5.41, 5.74) is 10.8. The number of fused-ring (bicyclic) bond motifs is 1. The predicted molar refractivity (Wildman–Crippen MR) is 141 cm³/mol. The Morgan fingerprint density at radius 1 is 1.00 bits per heavy atom. The molecule has 1 unspecified atom stereocenters. The minimum absolute atomic E-state index is 0.133. The Morgan fingerprint density at radius 3 is 2.47 bits per heavy atom. The number of carbonyl (C=O) groups excluding carboxylic acids is 2. The van der Waals surface area contributed by atoms with Crippen LogP contribution in [0.15, 0.2) is 85.1 Å². The van der Waals surface area contributed by atoms with Crippen molar-refractivity contribution in [1.29, 1.82) is 0 Å². The third kappa shape index (κ3) is 5.75. The number of rotatable bonds is 9. The molecule has 2 amide bonds. The van der Waals surface area contributed by atoms with Crippen LogP contribution in [-0.4, -0.2) is 29.1 Å². The highest BCUT2D eigenvalue weighted by Crippen LogP contribution is 2.39. The summed E-state index contributed by atoms with van der Waals surface area (Å²) in [6.07, 6.45) is 3.35. The smallest absolute Gasteiger partial charge is 0.408 e. The number of ether oxygens (including phenoxy) is 1. The Morgan fingerprint density at radius 2 is 1.72 bits per heavy atom. The molecule has 1 aliphatic carbocycles. The number of carbonyl (C=O) groups is 2. The van der Waals surface area contributed by atoms with Crippen LogP contribution < -0.4 is 16.4 Å². The molecule has 184 valence electrons. The number of nitrogens with one attached hydrogen (secondary N) is 3. The van der Waals surface area contributed by atoms with E-state index in [1.807, 2.05) is 85.1 Å². The van der Waals surface area contributed by atoms with Crippen molar-refractivity contribution in [2.45, 2.75) is 43.9 Å². The molecule has 7 nitrogen and oxygen atoms in total. The summed E-state index contributed by atoms with van der Waals surface area (Å²) in [7, 11) is 0. The molecule has 4 aromatic rings. The van der Waals surface area contributed by atoms with E-state index in [0.717, 1.165) is 28.5 Å². The van der Waals surface area contributed by atoms with Gasteiger partial charge in [-0.1, -0.05) is 60.7 Å².